The van der Waals surface area contributed by atoms with Gasteiger partial charge in [-0.25, -0.2) is 0 Å². The lowest BCUT2D eigenvalue weighted by Gasteiger charge is -2.31. The Morgan fingerprint density at radius 2 is 1.42 bits per heavy atom. The summed E-state index contributed by atoms with van der Waals surface area (Å²) < 4.78 is 0. The predicted molar refractivity (Wildman–Crippen MR) is 85.6 cm³/mol. The van der Waals surface area contributed by atoms with Gasteiger partial charge in [0.05, 0.1) is 0 Å². The fourth-order valence-electron chi connectivity index (χ4n) is 2.61. The van der Waals surface area contributed by atoms with Crippen LogP contribution in [0, 0.1) is 0 Å². The second-order valence-electron chi connectivity index (χ2n) is 6.19. The van der Waals surface area contributed by atoms with E-state index in [9.17, 15) is 0 Å². The largest absolute Gasteiger partial charge is 0.396 e. The van der Waals surface area contributed by atoms with E-state index in [1.165, 1.54) is 57.8 Å². The molecule has 0 rings (SSSR count). The zero-order valence-electron chi connectivity index (χ0n) is 13.6. The zero-order valence-corrected chi connectivity index (χ0v) is 13.6. The Kier molecular flexibility index (Phi) is 12.9. The van der Waals surface area contributed by atoms with Crippen molar-refractivity contribution in [3.05, 3.63) is 0 Å². The van der Waals surface area contributed by atoms with Crippen LogP contribution in [0.1, 0.15) is 91.4 Å². The summed E-state index contributed by atoms with van der Waals surface area (Å²) >= 11 is 0. The Morgan fingerprint density at radius 1 is 0.789 bits per heavy atom. The minimum Gasteiger partial charge on any atom is -0.396 e. The maximum Gasteiger partial charge on any atom is 0.0431 e. The van der Waals surface area contributed by atoms with E-state index in [-0.39, 0.29) is 0 Å². The highest BCUT2D eigenvalue weighted by molar-refractivity contribution is 4.82. The fraction of sp³-hybridized carbons (Fsp3) is 1.00. The van der Waals surface area contributed by atoms with Crippen LogP contribution in [-0.2, 0) is 0 Å². The first-order valence-electron chi connectivity index (χ1n) is 8.54. The molecule has 2 heteroatoms. The molecule has 0 aromatic rings. The number of aliphatic hydroxyl groups is 1. The van der Waals surface area contributed by atoms with Crippen molar-refractivity contribution >= 4 is 0 Å². The van der Waals surface area contributed by atoms with E-state index in [4.69, 9.17) is 5.11 Å². The molecule has 19 heavy (non-hydrogen) atoms. The molecule has 0 aliphatic heterocycles. The Bertz CT molecular complexity index is 184. The lowest BCUT2D eigenvalue weighted by atomic mass is 9.88. The highest BCUT2D eigenvalue weighted by Gasteiger charge is 2.21. The first-order chi connectivity index (χ1) is 9.18. The van der Waals surface area contributed by atoms with Gasteiger partial charge in [0.2, 0.25) is 0 Å². The van der Waals surface area contributed by atoms with E-state index in [1.54, 1.807) is 0 Å². The van der Waals surface area contributed by atoms with Gasteiger partial charge in [0.1, 0.15) is 0 Å². The Balaban J connectivity index is 3.88. The standard InChI is InChI=1S/C17H37NO/c1-4-6-8-9-10-14-17(3,13-7-5-2)18-15-11-12-16-19/h18-19H,4-16H2,1-3H3. The van der Waals surface area contributed by atoms with Crippen molar-refractivity contribution in [2.75, 3.05) is 13.2 Å². The lowest BCUT2D eigenvalue weighted by Crippen LogP contribution is -2.42. The molecule has 0 aliphatic carbocycles. The molecule has 0 aromatic heterocycles. The first-order valence-corrected chi connectivity index (χ1v) is 8.54. The molecule has 116 valence electrons. The molecule has 1 unspecified atom stereocenters. The molecule has 2 N–H and O–H groups in total. The summed E-state index contributed by atoms with van der Waals surface area (Å²) in [6.45, 7) is 8.31. The maximum atomic E-state index is 8.83. The number of rotatable bonds is 14. The smallest absolute Gasteiger partial charge is 0.0431 e. The first kappa shape index (κ1) is 18.9. The minimum atomic E-state index is 0.317. The van der Waals surface area contributed by atoms with E-state index in [1.807, 2.05) is 0 Å². The molecule has 0 aromatic carbocycles. The van der Waals surface area contributed by atoms with Gasteiger partial charge in [-0.15, -0.1) is 0 Å². The highest BCUT2D eigenvalue weighted by atomic mass is 16.2. The van der Waals surface area contributed by atoms with Crippen LogP contribution < -0.4 is 5.32 Å². The third-order valence-electron chi connectivity index (χ3n) is 4.05. The van der Waals surface area contributed by atoms with Crippen LogP contribution in [0.5, 0.6) is 0 Å². The molecule has 0 saturated heterocycles. The number of nitrogens with one attached hydrogen (secondary N) is 1. The Morgan fingerprint density at radius 3 is 2.05 bits per heavy atom. The van der Waals surface area contributed by atoms with Crippen LogP contribution in [0.25, 0.3) is 0 Å². The molecule has 0 heterocycles. The van der Waals surface area contributed by atoms with E-state index in [0.29, 0.717) is 12.1 Å². The molecule has 0 radical (unpaired) electrons. The summed E-state index contributed by atoms with van der Waals surface area (Å²) in [7, 11) is 0. The van der Waals surface area contributed by atoms with E-state index in [0.717, 1.165) is 19.4 Å². The summed E-state index contributed by atoms with van der Waals surface area (Å²) in [6.07, 6.45) is 14.0. The van der Waals surface area contributed by atoms with Crippen molar-refractivity contribution in [1.82, 2.24) is 5.32 Å². The third kappa shape index (κ3) is 11.4. The molecule has 0 saturated carbocycles. The average Bonchev–Trinajstić information content (AvgIpc) is 2.41. The van der Waals surface area contributed by atoms with Crippen molar-refractivity contribution < 1.29 is 5.11 Å². The molecule has 0 aliphatic rings. The maximum absolute atomic E-state index is 8.83. The van der Waals surface area contributed by atoms with Gasteiger partial charge in [-0.1, -0.05) is 58.8 Å². The Labute approximate surface area is 121 Å². The van der Waals surface area contributed by atoms with Gasteiger partial charge in [-0.05, 0) is 39.2 Å². The van der Waals surface area contributed by atoms with Crippen LogP contribution in [0.3, 0.4) is 0 Å². The molecule has 0 spiro atoms. The summed E-state index contributed by atoms with van der Waals surface area (Å²) in [5.74, 6) is 0. The topological polar surface area (TPSA) is 32.3 Å². The fourth-order valence-corrected chi connectivity index (χ4v) is 2.61. The zero-order chi connectivity index (χ0) is 14.4. The van der Waals surface area contributed by atoms with Gasteiger partial charge in [0.15, 0.2) is 0 Å². The van der Waals surface area contributed by atoms with Gasteiger partial charge in [-0.2, -0.15) is 0 Å². The summed E-state index contributed by atoms with van der Waals surface area (Å²) in [5, 5.41) is 12.6. The molecule has 2 nitrogen and oxygen atoms in total. The van der Waals surface area contributed by atoms with Gasteiger partial charge < -0.3 is 10.4 Å². The van der Waals surface area contributed by atoms with Crippen molar-refractivity contribution in [1.29, 1.82) is 0 Å². The lowest BCUT2D eigenvalue weighted by molar-refractivity contribution is 0.264. The summed E-state index contributed by atoms with van der Waals surface area (Å²) in [4.78, 5) is 0. The Hall–Kier alpha value is -0.0800. The van der Waals surface area contributed by atoms with Crippen molar-refractivity contribution in [3.8, 4) is 0 Å². The minimum absolute atomic E-state index is 0.317. The number of aliphatic hydroxyl groups excluding tert-OH is 1. The van der Waals surface area contributed by atoms with Crippen LogP contribution in [0.2, 0.25) is 0 Å². The second-order valence-corrected chi connectivity index (χ2v) is 6.19. The van der Waals surface area contributed by atoms with Gasteiger partial charge >= 0.3 is 0 Å². The van der Waals surface area contributed by atoms with Crippen LogP contribution in [0.15, 0.2) is 0 Å². The van der Waals surface area contributed by atoms with Crippen LogP contribution in [-0.4, -0.2) is 23.8 Å². The monoisotopic (exact) mass is 271 g/mol. The third-order valence-corrected chi connectivity index (χ3v) is 4.05. The molecule has 1 atom stereocenters. The number of hydrogen-bond acceptors (Lipinski definition) is 2. The number of hydrogen-bond donors (Lipinski definition) is 2. The normalized spacial score (nSPS) is 14.5. The summed E-state index contributed by atoms with van der Waals surface area (Å²) in [6, 6.07) is 0. The molecule has 0 bridgehead atoms. The highest BCUT2D eigenvalue weighted by Crippen LogP contribution is 2.22. The van der Waals surface area contributed by atoms with E-state index >= 15 is 0 Å². The van der Waals surface area contributed by atoms with Gasteiger partial charge in [0.25, 0.3) is 0 Å². The number of unbranched alkanes of at least 4 members (excludes halogenated alkanes) is 6. The van der Waals surface area contributed by atoms with E-state index in [2.05, 4.69) is 26.1 Å². The van der Waals surface area contributed by atoms with Gasteiger partial charge in [-0.3, -0.25) is 0 Å². The molecular weight excluding hydrogens is 234 g/mol. The van der Waals surface area contributed by atoms with Crippen molar-refractivity contribution in [3.63, 3.8) is 0 Å². The van der Waals surface area contributed by atoms with E-state index < -0.39 is 0 Å². The van der Waals surface area contributed by atoms with Crippen LogP contribution >= 0.6 is 0 Å². The summed E-state index contributed by atoms with van der Waals surface area (Å²) in [5.41, 5.74) is 0.317. The van der Waals surface area contributed by atoms with Crippen molar-refractivity contribution in [2.24, 2.45) is 0 Å². The SMILES string of the molecule is CCCCCCCC(C)(CCCC)NCCCCO. The predicted octanol–water partition coefficient (Wildman–Crippen LogP) is 4.66. The molecular formula is C17H37NO. The molecule has 0 fully saturated rings. The second kappa shape index (κ2) is 12.9. The van der Waals surface area contributed by atoms with Crippen molar-refractivity contribution in [2.45, 2.75) is 96.9 Å². The van der Waals surface area contributed by atoms with Crippen LogP contribution in [0.4, 0.5) is 0 Å². The quantitative estimate of drug-likeness (QED) is 0.450. The molecule has 0 amide bonds. The van der Waals surface area contributed by atoms with Gasteiger partial charge in [0, 0.05) is 12.1 Å². The average molecular weight is 271 g/mol.